The topological polar surface area (TPSA) is 81.4 Å². The standard InChI is InChI=1S/C12H18N2O3S2/c1-2-17-9-5-8-14-19(15,16)11-7-4-3-6-10(11)12(13)18/h3-4,6-7,14H,2,5,8-9H2,1H3,(H2,13,18). The predicted octanol–water partition coefficient (Wildman–Crippen LogP) is 1.03. The molecule has 7 heteroatoms. The largest absolute Gasteiger partial charge is 0.389 e. The van der Waals surface area contributed by atoms with Gasteiger partial charge in [-0.2, -0.15) is 0 Å². The number of benzene rings is 1. The van der Waals surface area contributed by atoms with Gasteiger partial charge in [-0.1, -0.05) is 30.4 Å². The van der Waals surface area contributed by atoms with Crippen LogP contribution in [0.3, 0.4) is 0 Å². The van der Waals surface area contributed by atoms with Gasteiger partial charge in [0.2, 0.25) is 10.0 Å². The van der Waals surface area contributed by atoms with Crippen LogP contribution in [-0.4, -0.2) is 33.2 Å². The molecule has 0 unspecified atom stereocenters. The van der Waals surface area contributed by atoms with Crippen molar-refractivity contribution >= 4 is 27.2 Å². The van der Waals surface area contributed by atoms with Crippen molar-refractivity contribution in [3.8, 4) is 0 Å². The van der Waals surface area contributed by atoms with E-state index in [9.17, 15) is 8.42 Å². The number of sulfonamides is 1. The van der Waals surface area contributed by atoms with Gasteiger partial charge in [0.15, 0.2) is 0 Å². The van der Waals surface area contributed by atoms with Crippen LogP contribution < -0.4 is 10.5 Å². The summed E-state index contributed by atoms with van der Waals surface area (Å²) in [5, 5.41) is 0. The van der Waals surface area contributed by atoms with Crippen LogP contribution in [-0.2, 0) is 14.8 Å². The Bertz CT molecular complexity index is 530. The molecule has 0 saturated carbocycles. The fraction of sp³-hybridized carbons (Fsp3) is 0.417. The van der Waals surface area contributed by atoms with Crippen LogP contribution in [0.1, 0.15) is 18.9 Å². The van der Waals surface area contributed by atoms with Crippen molar-refractivity contribution in [1.82, 2.24) is 4.72 Å². The van der Waals surface area contributed by atoms with Crippen LogP contribution in [0, 0.1) is 0 Å². The highest BCUT2D eigenvalue weighted by molar-refractivity contribution is 7.89. The number of nitrogens with one attached hydrogen (secondary N) is 1. The molecule has 106 valence electrons. The van der Waals surface area contributed by atoms with Gasteiger partial charge in [0, 0.05) is 25.3 Å². The summed E-state index contributed by atoms with van der Waals surface area (Å²) < 4.78 is 31.9. The average molecular weight is 302 g/mol. The molecule has 0 fully saturated rings. The molecular formula is C12H18N2O3S2. The third-order valence-corrected chi connectivity index (χ3v) is 4.14. The van der Waals surface area contributed by atoms with Crippen LogP contribution in [0.4, 0.5) is 0 Å². The molecule has 0 aliphatic rings. The van der Waals surface area contributed by atoms with E-state index in [1.165, 1.54) is 6.07 Å². The first kappa shape index (κ1) is 16.0. The summed E-state index contributed by atoms with van der Waals surface area (Å²) in [5.41, 5.74) is 5.88. The van der Waals surface area contributed by atoms with Crippen LogP contribution in [0.5, 0.6) is 0 Å². The molecule has 0 radical (unpaired) electrons. The Hall–Kier alpha value is -1.02. The smallest absolute Gasteiger partial charge is 0.241 e. The fourth-order valence-corrected chi connectivity index (χ4v) is 3.04. The molecule has 0 spiro atoms. The lowest BCUT2D eigenvalue weighted by molar-refractivity contribution is 0.146. The zero-order valence-electron chi connectivity index (χ0n) is 10.8. The van der Waals surface area contributed by atoms with Crippen LogP contribution >= 0.6 is 12.2 Å². The van der Waals surface area contributed by atoms with Gasteiger partial charge in [0.05, 0.1) is 4.90 Å². The van der Waals surface area contributed by atoms with E-state index in [1.54, 1.807) is 18.2 Å². The van der Waals surface area contributed by atoms with Gasteiger partial charge in [-0.05, 0) is 19.4 Å². The van der Waals surface area contributed by atoms with E-state index in [0.717, 1.165) is 0 Å². The Morgan fingerprint density at radius 3 is 2.74 bits per heavy atom. The van der Waals surface area contributed by atoms with Gasteiger partial charge in [-0.15, -0.1) is 0 Å². The third-order valence-electron chi connectivity index (χ3n) is 2.40. The number of ether oxygens (including phenoxy) is 1. The minimum Gasteiger partial charge on any atom is -0.389 e. The number of nitrogens with two attached hydrogens (primary N) is 1. The number of thiocarbonyl (C=S) groups is 1. The molecule has 1 aromatic carbocycles. The molecule has 0 bridgehead atoms. The summed E-state index contributed by atoms with van der Waals surface area (Å²) in [6.45, 7) is 3.35. The fourth-order valence-electron chi connectivity index (χ4n) is 1.51. The molecular weight excluding hydrogens is 284 g/mol. The normalized spacial score (nSPS) is 11.4. The first-order chi connectivity index (χ1) is 8.99. The van der Waals surface area contributed by atoms with Gasteiger partial charge in [0.25, 0.3) is 0 Å². The average Bonchev–Trinajstić information content (AvgIpc) is 2.38. The van der Waals surface area contributed by atoms with E-state index >= 15 is 0 Å². The Morgan fingerprint density at radius 1 is 1.42 bits per heavy atom. The van der Waals surface area contributed by atoms with Crippen molar-refractivity contribution in [2.24, 2.45) is 5.73 Å². The molecule has 0 saturated heterocycles. The molecule has 1 aromatic rings. The van der Waals surface area contributed by atoms with Crippen LogP contribution in [0.25, 0.3) is 0 Å². The molecule has 0 amide bonds. The SMILES string of the molecule is CCOCCCNS(=O)(=O)c1ccccc1C(N)=S. The summed E-state index contributed by atoms with van der Waals surface area (Å²) in [6, 6.07) is 6.41. The van der Waals surface area contributed by atoms with Crippen molar-refractivity contribution in [3.05, 3.63) is 29.8 Å². The van der Waals surface area contributed by atoms with Crippen molar-refractivity contribution in [1.29, 1.82) is 0 Å². The quantitative estimate of drug-likeness (QED) is 0.553. The Kier molecular flexibility index (Phi) is 6.36. The first-order valence-corrected chi connectivity index (χ1v) is 7.84. The molecule has 5 nitrogen and oxygen atoms in total. The van der Waals surface area contributed by atoms with Crippen molar-refractivity contribution in [2.45, 2.75) is 18.2 Å². The Labute approximate surface area is 119 Å². The Balaban J connectivity index is 2.75. The summed E-state index contributed by atoms with van der Waals surface area (Å²) in [4.78, 5) is 0.175. The zero-order chi connectivity index (χ0) is 14.3. The minimum atomic E-state index is -3.60. The maximum Gasteiger partial charge on any atom is 0.241 e. The minimum absolute atomic E-state index is 0.0651. The number of rotatable bonds is 8. The van der Waals surface area contributed by atoms with E-state index in [-0.39, 0.29) is 9.88 Å². The highest BCUT2D eigenvalue weighted by atomic mass is 32.2. The van der Waals surface area contributed by atoms with E-state index in [1.807, 2.05) is 6.92 Å². The van der Waals surface area contributed by atoms with Crippen molar-refractivity contribution in [3.63, 3.8) is 0 Å². The van der Waals surface area contributed by atoms with Gasteiger partial charge < -0.3 is 10.5 Å². The van der Waals surface area contributed by atoms with E-state index < -0.39 is 10.0 Å². The number of hydrogen-bond acceptors (Lipinski definition) is 4. The molecule has 1 rings (SSSR count). The van der Waals surface area contributed by atoms with Crippen molar-refractivity contribution in [2.75, 3.05) is 19.8 Å². The molecule has 0 heterocycles. The van der Waals surface area contributed by atoms with Crippen LogP contribution in [0.2, 0.25) is 0 Å². The molecule has 19 heavy (non-hydrogen) atoms. The molecule has 3 N–H and O–H groups in total. The first-order valence-electron chi connectivity index (χ1n) is 5.95. The monoisotopic (exact) mass is 302 g/mol. The van der Waals surface area contributed by atoms with Crippen LogP contribution in [0.15, 0.2) is 29.2 Å². The Morgan fingerprint density at radius 2 is 2.11 bits per heavy atom. The summed E-state index contributed by atoms with van der Waals surface area (Å²) >= 11 is 4.85. The second-order valence-corrected chi connectivity index (χ2v) is 5.98. The maximum absolute atomic E-state index is 12.1. The number of hydrogen-bond donors (Lipinski definition) is 2. The van der Waals surface area contributed by atoms with Crippen molar-refractivity contribution < 1.29 is 13.2 Å². The molecule has 0 atom stereocenters. The third kappa shape index (κ3) is 4.87. The van der Waals surface area contributed by atoms with E-state index in [0.29, 0.717) is 31.7 Å². The maximum atomic E-state index is 12.1. The summed E-state index contributed by atoms with van der Waals surface area (Å²) in [7, 11) is -3.60. The molecule has 0 aliphatic carbocycles. The van der Waals surface area contributed by atoms with Gasteiger partial charge in [0.1, 0.15) is 4.99 Å². The highest BCUT2D eigenvalue weighted by Crippen LogP contribution is 2.14. The van der Waals surface area contributed by atoms with E-state index in [2.05, 4.69) is 4.72 Å². The lowest BCUT2D eigenvalue weighted by atomic mass is 10.2. The lowest BCUT2D eigenvalue weighted by Crippen LogP contribution is -2.28. The highest BCUT2D eigenvalue weighted by Gasteiger charge is 2.18. The van der Waals surface area contributed by atoms with E-state index in [4.69, 9.17) is 22.7 Å². The second-order valence-electron chi connectivity index (χ2n) is 3.81. The molecule has 0 aromatic heterocycles. The van der Waals surface area contributed by atoms with Gasteiger partial charge >= 0.3 is 0 Å². The summed E-state index contributed by atoms with van der Waals surface area (Å²) in [6.07, 6.45) is 0.613. The van der Waals surface area contributed by atoms with Gasteiger partial charge in [-0.25, -0.2) is 13.1 Å². The zero-order valence-corrected chi connectivity index (χ0v) is 12.4. The molecule has 0 aliphatic heterocycles. The second kappa shape index (κ2) is 7.54. The lowest BCUT2D eigenvalue weighted by Gasteiger charge is -2.10. The predicted molar refractivity (Wildman–Crippen MR) is 78.6 cm³/mol. The summed E-state index contributed by atoms with van der Waals surface area (Å²) in [5.74, 6) is 0. The van der Waals surface area contributed by atoms with Gasteiger partial charge in [-0.3, -0.25) is 0 Å².